The second kappa shape index (κ2) is 9.71. The van der Waals surface area contributed by atoms with Crippen LogP contribution in [0, 0.1) is 0 Å². The Hall–Kier alpha value is -1.98. The molecule has 33 heavy (non-hydrogen) atoms. The number of fused-ring (bicyclic) bond motifs is 1. The van der Waals surface area contributed by atoms with Gasteiger partial charge in [0.05, 0.1) is 16.7 Å². The van der Waals surface area contributed by atoms with E-state index in [1.165, 1.54) is 31.0 Å². The van der Waals surface area contributed by atoms with Crippen molar-refractivity contribution >= 4 is 33.4 Å². The van der Waals surface area contributed by atoms with Crippen molar-refractivity contribution in [3.63, 3.8) is 0 Å². The highest BCUT2D eigenvalue weighted by molar-refractivity contribution is 7.99. The number of aromatic nitrogens is 4. The molecule has 9 nitrogen and oxygen atoms in total. The molecule has 178 valence electrons. The third-order valence-electron chi connectivity index (χ3n) is 6.88. The SMILES string of the molecule is O=C(CSc1nnnn1C1CCCCC1)N1CCCc2cc(S(=O)(=O)N3CCCC3)ccc21. The molecule has 1 aromatic carbocycles. The Morgan fingerprint density at radius 1 is 1.03 bits per heavy atom. The summed E-state index contributed by atoms with van der Waals surface area (Å²) in [4.78, 5) is 15.3. The lowest BCUT2D eigenvalue weighted by Crippen LogP contribution is -2.37. The number of benzene rings is 1. The number of hydrogen-bond acceptors (Lipinski definition) is 7. The zero-order valence-electron chi connectivity index (χ0n) is 18.7. The van der Waals surface area contributed by atoms with Gasteiger partial charge >= 0.3 is 0 Å². The van der Waals surface area contributed by atoms with Gasteiger partial charge in [0.25, 0.3) is 0 Å². The van der Waals surface area contributed by atoms with Crippen LogP contribution in [0.5, 0.6) is 0 Å². The number of thioether (sulfide) groups is 1. The van der Waals surface area contributed by atoms with Crippen LogP contribution >= 0.6 is 11.8 Å². The molecule has 1 aliphatic carbocycles. The van der Waals surface area contributed by atoms with E-state index in [-0.39, 0.29) is 11.7 Å². The van der Waals surface area contributed by atoms with E-state index in [0.29, 0.717) is 35.7 Å². The number of carbonyl (C=O) groups is 1. The van der Waals surface area contributed by atoms with Gasteiger partial charge in [0.2, 0.25) is 21.1 Å². The van der Waals surface area contributed by atoms with Crippen molar-refractivity contribution in [1.82, 2.24) is 24.5 Å². The molecule has 3 aliphatic rings. The molecule has 1 saturated carbocycles. The second-order valence-electron chi connectivity index (χ2n) is 9.04. The van der Waals surface area contributed by atoms with Gasteiger partial charge in [-0.3, -0.25) is 4.79 Å². The van der Waals surface area contributed by atoms with E-state index >= 15 is 0 Å². The summed E-state index contributed by atoms with van der Waals surface area (Å²) in [5, 5.41) is 12.9. The van der Waals surface area contributed by atoms with E-state index in [4.69, 9.17) is 0 Å². The lowest BCUT2D eigenvalue weighted by molar-refractivity contribution is -0.116. The molecule has 1 aromatic heterocycles. The smallest absolute Gasteiger partial charge is 0.243 e. The van der Waals surface area contributed by atoms with E-state index in [1.54, 1.807) is 27.4 Å². The molecule has 1 amide bonds. The summed E-state index contributed by atoms with van der Waals surface area (Å²) in [6.45, 7) is 1.81. The van der Waals surface area contributed by atoms with Gasteiger partial charge in [0.15, 0.2) is 0 Å². The minimum absolute atomic E-state index is 0.00528. The van der Waals surface area contributed by atoms with Crippen molar-refractivity contribution in [3.8, 4) is 0 Å². The van der Waals surface area contributed by atoms with Gasteiger partial charge in [-0.15, -0.1) is 5.10 Å². The zero-order chi connectivity index (χ0) is 22.8. The number of hydrogen-bond donors (Lipinski definition) is 0. The predicted molar refractivity (Wildman–Crippen MR) is 126 cm³/mol. The molecule has 11 heteroatoms. The molecule has 2 aromatic rings. The molecule has 0 N–H and O–H groups in total. The third kappa shape index (κ3) is 4.67. The molecule has 1 saturated heterocycles. The summed E-state index contributed by atoms with van der Waals surface area (Å²) in [5.41, 5.74) is 1.74. The summed E-state index contributed by atoms with van der Waals surface area (Å²) >= 11 is 1.38. The number of anilines is 1. The normalized spacial score (nSPS) is 20.2. The minimum atomic E-state index is -3.46. The lowest BCUT2D eigenvalue weighted by atomic mass is 9.96. The summed E-state index contributed by atoms with van der Waals surface area (Å²) in [5.74, 6) is 0.245. The highest BCUT2D eigenvalue weighted by atomic mass is 32.2. The highest BCUT2D eigenvalue weighted by Gasteiger charge is 2.30. The number of carbonyl (C=O) groups excluding carboxylic acids is 1. The summed E-state index contributed by atoms with van der Waals surface area (Å²) in [6, 6.07) is 5.53. The van der Waals surface area contributed by atoms with Gasteiger partial charge in [-0.25, -0.2) is 13.1 Å². The Bertz CT molecular complexity index is 1110. The molecule has 0 spiro atoms. The van der Waals surface area contributed by atoms with Crippen molar-refractivity contribution in [2.24, 2.45) is 0 Å². The highest BCUT2D eigenvalue weighted by Crippen LogP contribution is 2.33. The van der Waals surface area contributed by atoms with Crippen LogP contribution in [0.25, 0.3) is 0 Å². The van der Waals surface area contributed by atoms with E-state index in [2.05, 4.69) is 15.5 Å². The maximum absolute atomic E-state index is 13.1. The topological polar surface area (TPSA) is 101 Å². The number of amides is 1. The first-order valence-electron chi connectivity index (χ1n) is 11.9. The van der Waals surface area contributed by atoms with Gasteiger partial charge < -0.3 is 4.90 Å². The third-order valence-corrected chi connectivity index (χ3v) is 9.69. The standard InChI is InChI=1S/C22H30N6O3S2/c29-21(16-32-22-23-24-25-28(22)18-8-2-1-3-9-18)27-14-6-7-17-15-19(10-11-20(17)27)33(30,31)26-12-4-5-13-26/h10-11,15,18H,1-9,12-14,16H2. The van der Waals surface area contributed by atoms with Crippen molar-refractivity contribution < 1.29 is 13.2 Å². The molecular formula is C22H30N6O3S2. The van der Waals surface area contributed by atoms with Crippen LogP contribution in [-0.2, 0) is 21.2 Å². The van der Waals surface area contributed by atoms with Crippen LogP contribution < -0.4 is 4.90 Å². The van der Waals surface area contributed by atoms with Crippen LogP contribution in [0.15, 0.2) is 28.3 Å². The first kappa shape index (κ1) is 22.8. The largest absolute Gasteiger partial charge is 0.311 e. The van der Waals surface area contributed by atoms with Crippen molar-refractivity contribution in [1.29, 1.82) is 0 Å². The number of aryl methyl sites for hydroxylation is 1. The Morgan fingerprint density at radius 2 is 1.82 bits per heavy atom. The molecule has 2 aliphatic heterocycles. The van der Waals surface area contributed by atoms with Gasteiger partial charge in [-0.05, 0) is 72.7 Å². The van der Waals surface area contributed by atoms with E-state index in [1.807, 2.05) is 4.68 Å². The Balaban J connectivity index is 1.29. The zero-order valence-corrected chi connectivity index (χ0v) is 20.4. The fourth-order valence-electron chi connectivity index (χ4n) is 5.11. The Labute approximate surface area is 198 Å². The second-order valence-corrected chi connectivity index (χ2v) is 11.9. The maximum atomic E-state index is 13.1. The first-order valence-corrected chi connectivity index (χ1v) is 14.3. The average molecular weight is 491 g/mol. The van der Waals surface area contributed by atoms with Crippen LogP contribution in [0.4, 0.5) is 5.69 Å². The quantitative estimate of drug-likeness (QED) is 0.574. The van der Waals surface area contributed by atoms with Crippen LogP contribution in [0.3, 0.4) is 0 Å². The van der Waals surface area contributed by atoms with Crippen LogP contribution in [-0.4, -0.2) is 64.2 Å². The molecule has 0 radical (unpaired) electrons. The minimum Gasteiger partial charge on any atom is -0.311 e. The van der Waals surface area contributed by atoms with Crippen molar-refractivity contribution in [2.75, 3.05) is 30.3 Å². The number of nitrogens with zero attached hydrogens (tertiary/aromatic N) is 6. The van der Waals surface area contributed by atoms with Gasteiger partial charge in [0.1, 0.15) is 0 Å². The summed E-state index contributed by atoms with van der Waals surface area (Å²) in [7, 11) is -3.46. The van der Waals surface area contributed by atoms with Crippen LogP contribution in [0.1, 0.15) is 63.0 Å². The predicted octanol–water partition coefficient (Wildman–Crippen LogP) is 3.03. The number of rotatable bonds is 6. The lowest BCUT2D eigenvalue weighted by Gasteiger charge is -2.30. The van der Waals surface area contributed by atoms with Gasteiger partial charge in [-0.1, -0.05) is 31.0 Å². The molecule has 3 heterocycles. The molecule has 2 fully saturated rings. The van der Waals surface area contributed by atoms with E-state index in [9.17, 15) is 13.2 Å². The van der Waals surface area contributed by atoms with Crippen molar-refractivity contribution in [2.45, 2.75) is 73.9 Å². The summed E-state index contributed by atoms with van der Waals surface area (Å²) in [6.07, 6.45) is 9.20. The first-order chi connectivity index (χ1) is 16.0. The number of sulfonamides is 1. The molecule has 5 rings (SSSR count). The Morgan fingerprint density at radius 3 is 2.61 bits per heavy atom. The molecule has 0 bridgehead atoms. The van der Waals surface area contributed by atoms with Crippen molar-refractivity contribution in [3.05, 3.63) is 23.8 Å². The van der Waals surface area contributed by atoms with Crippen LogP contribution in [0.2, 0.25) is 0 Å². The fraction of sp³-hybridized carbons (Fsp3) is 0.636. The van der Waals surface area contributed by atoms with E-state index < -0.39 is 10.0 Å². The summed E-state index contributed by atoms with van der Waals surface area (Å²) < 4.78 is 29.4. The fourth-order valence-corrected chi connectivity index (χ4v) is 7.50. The average Bonchev–Trinajstić information content (AvgIpc) is 3.55. The van der Waals surface area contributed by atoms with Gasteiger partial charge in [0, 0.05) is 25.3 Å². The van der Waals surface area contributed by atoms with E-state index in [0.717, 1.165) is 49.8 Å². The Kier molecular flexibility index (Phi) is 6.71. The van der Waals surface area contributed by atoms with Gasteiger partial charge in [-0.2, -0.15) is 4.31 Å². The molecular weight excluding hydrogens is 460 g/mol. The monoisotopic (exact) mass is 490 g/mol. The number of tetrazole rings is 1. The molecule has 0 unspecified atom stereocenters. The maximum Gasteiger partial charge on any atom is 0.243 e. The molecule has 0 atom stereocenters.